The van der Waals surface area contributed by atoms with E-state index in [1.54, 1.807) is 0 Å². The molecule has 1 aromatic rings. The van der Waals surface area contributed by atoms with Gasteiger partial charge in [0, 0.05) is 24.8 Å². The standard InChI is InChI=1S/C16H30N4O2.ClH/c1-6-16(7-2,11-17)19-12(21)9-8-10-13-18-14(20-22-13)15(3,4)5;/h6-11,17H2,1-5H3,(H,19,21);1H. The normalized spacial score (nSPS) is 11.9. The van der Waals surface area contributed by atoms with E-state index in [2.05, 4.69) is 15.5 Å². The topological polar surface area (TPSA) is 94.0 Å². The Labute approximate surface area is 145 Å². The molecule has 0 saturated carbocycles. The fourth-order valence-corrected chi connectivity index (χ4v) is 2.19. The highest BCUT2D eigenvalue weighted by atomic mass is 35.5. The lowest BCUT2D eigenvalue weighted by atomic mass is 9.92. The quantitative estimate of drug-likeness (QED) is 0.754. The summed E-state index contributed by atoms with van der Waals surface area (Å²) < 4.78 is 5.22. The third kappa shape index (κ3) is 6.47. The summed E-state index contributed by atoms with van der Waals surface area (Å²) in [5, 5.41) is 7.05. The van der Waals surface area contributed by atoms with Gasteiger partial charge in [0.2, 0.25) is 11.8 Å². The van der Waals surface area contributed by atoms with Crippen molar-refractivity contribution in [3.05, 3.63) is 11.7 Å². The van der Waals surface area contributed by atoms with Crippen LogP contribution < -0.4 is 11.1 Å². The minimum Gasteiger partial charge on any atom is -0.349 e. The van der Waals surface area contributed by atoms with Crippen LogP contribution in [-0.4, -0.2) is 28.1 Å². The maximum absolute atomic E-state index is 12.1. The van der Waals surface area contributed by atoms with Crippen LogP contribution in [0.3, 0.4) is 0 Å². The highest BCUT2D eigenvalue weighted by Gasteiger charge is 2.26. The fourth-order valence-electron chi connectivity index (χ4n) is 2.19. The van der Waals surface area contributed by atoms with Crippen molar-refractivity contribution in [1.82, 2.24) is 15.5 Å². The number of nitrogens with one attached hydrogen (secondary N) is 1. The van der Waals surface area contributed by atoms with Gasteiger partial charge in [0.05, 0.1) is 5.54 Å². The summed E-state index contributed by atoms with van der Waals surface area (Å²) in [4.78, 5) is 16.4. The number of hydrogen-bond donors (Lipinski definition) is 2. The van der Waals surface area contributed by atoms with Gasteiger partial charge in [-0.2, -0.15) is 4.98 Å². The molecule has 1 heterocycles. The second-order valence-corrected chi connectivity index (χ2v) is 6.86. The molecular formula is C16H31ClN4O2. The van der Waals surface area contributed by atoms with Crippen LogP contribution in [0.4, 0.5) is 0 Å². The lowest BCUT2D eigenvalue weighted by molar-refractivity contribution is -0.123. The molecule has 0 radical (unpaired) electrons. The molecule has 1 amide bonds. The number of nitrogens with zero attached hydrogens (tertiary/aromatic N) is 2. The van der Waals surface area contributed by atoms with Gasteiger partial charge in [0.25, 0.3) is 0 Å². The molecule has 0 atom stereocenters. The Morgan fingerprint density at radius 2 is 1.87 bits per heavy atom. The van der Waals surface area contributed by atoms with Gasteiger partial charge in [-0.25, -0.2) is 0 Å². The van der Waals surface area contributed by atoms with E-state index in [1.165, 1.54) is 0 Å². The third-order valence-electron chi connectivity index (χ3n) is 4.08. The van der Waals surface area contributed by atoms with Crippen molar-refractivity contribution in [2.24, 2.45) is 5.73 Å². The molecule has 0 spiro atoms. The van der Waals surface area contributed by atoms with Crippen LogP contribution in [0, 0.1) is 0 Å². The number of aromatic nitrogens is 2. The molecule has 6 nitrogen and oxygen atoms in total. The van der Waals surface area contributed by atoms with Crippen LogP contribution in [0.2, 0.25) is 0 Å². The molecule has 3 N–H and O–H groups in total. The predicted octanol–water partition coefficient (Wildman–Crippen LogP) is 2.75. The molecule has 134 valence electrons. The van der Waals surface area contributed by atoms with E-state index in [1.807, 2.05) is 34.6 Å². The number of rotatable bonds is 8. The Hall–Kier alpha value is -1.14. The van der Waals surface area contributed by atoms with E-state index in [-0.39, 0.29) is 29.3 Å². The van der Waals surface area contributed by atoms with Crippen LogP contribution in [-0.2, 0) is 16.6 Å². The van der Waals surface area contributed by atoms with E-state index in [0.29, 0.717) is 37.5 Å². The van der Waals surface area contributed by atoms with Crippen LogP contribution >= 0.6 is 12.4 Å². The van der Waals surface area contributed by atoms with E-state index >= 15 is 0 Å². The van der Waals surface area contributed by atoms with E-state index < -0.39 is 0 Å². The number of aryl methyl sites for hydroxylation is 1. The van der Waals surface area contributed by atoms with Gasteiger partial charge in [0.1, 0.15) is 0 Å². The van der Waals surface area contributed by atoms with Crippen LogP contribution in [0.1, 0.15) is 72.0 Å². The highest BCUT2D eigenvalue weighted by molar-refractivity contribution is 5.85. The molecule has 1 aromatic heterocycles. The molecule has 7 heteroatoms. The van der Waals surface area contributed by atoms with Crippen LogP contribution in [0.5, 0.6) is 0 Å². The summed E-state index contributed by atoms with van der Waals surface area (Å²) in [5.41, 5.74) is 5.39. The molecule has 1 rings (SSSR count). The molecule has 0 saturated heterocycles. The zero-order valence-corrected chi connectivity index (χ0v) is 15.8. The third-order valence-corrected chi connectivity index (χ3v) is 4.08. The Morgan fingerprint density at radius 1 is 1.26 bits per heavy atom. The summed E-state index contributed by atoms with van der Waals surface area (Å²) in [7, 11) is 0. The minimum atomic E-state index is -0.277. The lowest BCUT2D eigenvalue weighted by Crippen LogP contribution is -2.52. The zero-order chi connectivity index (χ0) is 16.8. The average molecular weight is 347 g/mol. The van der Waals surface area contributed by atoms with Crippen molar-refractivity contribution >= 4 is 18.3 Å². The minimum absolute atomic E-state index is 0. The van der Waals surface area contributed by atoms with Crippen LogP contribution in [0.25, 0.3) is 0 Å². The monoisotopic (exact) mass is 346 g/mol. The molecule has 23 heavy (non-hydrogen) atoms. The van der Waals surface area contributed by atoms with E-state index in [9.17, 15) is 4.79 Å². The Balaban J connectivity index is 0.00000484. The Kier molecular flexibility index (Phi) is 8.77. The van der Waals surface area contributed by atoms with Gasteiger partial charge in [-0.1, -0.05) is 39.8 Å². The molecular weight excluding hydrogens is 316 g/mol. The first-order chi connectivity index (χ1) is 10.3. The van der Waals surface area contributed by atoms with E-state index in [0.717, 1.165) is 12.8 Å². The summed E-state index contributed by atoms with van der Waals surface area (Å²) in [5.74, 6) is 1.32. The molecule has 0 aromatic carbocycles. The van der Waals surface area contributed by atoms with Gasteiger partial charge in [-0.3, -0.25) is 4.79 Å². The van der Waals surface area contributed by atoms with Crippen molar-refractivity contribution in [3.63, 3.8) is 0 Å². The number of nitrogens with two attached hydrogens (primary N) is 1. The molecule has 0 aliphatic heterocycles. The van der Waals surface area contributed by atoms with Gasteiger partial charge in [0.15, 0.2) is 5.82 Å². The Morgan fingerprint density at radius 3 is 2.30 bits per heavy atom. The summed E-state index contributed by atoms with van der Waals surface area (Å²) in [6.07, 6.45) is 3.42. The summed E-state index contributed by atoms with van der Waals surface area (Å²) >= 11 is 0. The molecule has 0 aliphatic rings. The summed E-state index contributed by atoms with van der Waals surface area (Å²) in [6, 6.07) is 0. The predicted molar refractivity (Wildman–Crippen MR) is 93.7 cm³/mol. The largest absolute Gasteiger partial charge is 0.349 e. The van der Waals surface area contributed by atoms with Crippen molar-refractivity contribution in [2.45, 2.75) is 77.7 Å². The van der Waals surface area contributed by atoms with Crippen molar-refractivity contribution < 1.29 is 9.32 Å². The number of hydrogen-bond acceptors (Lipinski definition) is 5. The molecule has 0 unspecified atom stereocenters. The highest BCUT2D eigenvalue weighted by Crippen LogP contribution is 2.19. The van der Waals surface area contributed by atoms with Gasteiger partial charge >= 0.3 is 0 Å². The van der Waals surface area contributed by atoms with E-state index in [4.69, 9.17) is 10.3 Å². The second-order valence-electron chi connectivity index (χ2n) is 6.86. The number of halogens is 1. The first-order valence-electron chi connectivity index (χ1n) is 8.10. The Bertz CT molecular complexity index is 470. The first-order valence-corrected chi connectivity index (χ1v) is 8.10. The van der Waals surface area contributed by atoms with Gasteiger partial charge in [-0.05, 0) is 19.3 Å². The maximum Gasteiger partial charge on any atom is 0.226 e. The first kappa shape index (κ1) is 21.9. The molecule has 0 bridgehead atoms. The van der Waals surface area contributed by atoms with Crippen molar-refractivity contribution in [2.75, 3.05) is 6.54 Å². The fraction of sp³-hybridized carbons (Fsp3) is 0.812. The van der Waals surface area contributed by atoms with Gasteiger partial charge in [-0.15, -0.1) is 12.4 Å². The number of amides is 1. The maximum atomic E-state index is 12.1. The summed E-state index contributed by atoms with van der Waals surface area (Å²) in [6.45, 7) is 10.7. The zero-order valence-electron chi connectivity index (χ0n) is 14.9. The SMILES string of the molecule is CCC(CC)(CN)NC(=O)CCCc1nc(C(C)(C)C)no1.Cl. The van der Waals surface area contributed by atoms with Crippen LogP contribution in [0.15, 0.2) is 4.52 Å². The molecule has 0 fully saturated rings. The lowest BCUT2D eigenvalue weighted by Gasteiger charge is -2.31. The second kappa shape index (κ2) is 9.23. The number of carbonyl (C=O) groups is 1. The van der Waals surface area contributed by atoms with Gasteiger partial charge < -0.3 is 15.6 Å². The average Bonchev–Trinajstić information content (AvgIpc) is 2.94. The smallest absolute Gasteiger partial charge is 0.226 e. The molecule has 0 aliphatic carbocycles. The van der Waals surface area contributed by atoms with Crippen molar-refractivity contribution in [3.8, 4) is 0 Å². The number of carbonyl (C=O) groups excluding carboxylic acids is 1. The van der Waals surface area contributed by atoms with Crippen molar-refractivity contribution in [1.29, 1.82) is 0 Å².